The van der Waals surface area contributed by atoms with E-state index >= 15 is 0 Å². The van der Waals surface area contributed by atoms with Crippen molar-refractivity contribution in [3.8, 4) is 0 Å². The molecule has 15 heavy (non-hydrogen) atoms. The van der Waals surface area contributed by atoms with Crippen LogP contribution >= 0.6 is 0 Å². The smallest absolute Gasteiger partial charge is 0.313 e. The molecule has 0 unspecified atom stereocenters. The zero-order valence-corrected chi connectivity index (χ0v) is 10.3. The van der Waals surface area contributed by atoms with Crippen LogP contribution in [0.5, 0.6) is 0 Å². The topological polar surface area (TPSA) is 44.8 Å². The maximum absolute atomic E-state index is 11.4. The summed E-state index contributed by atoms with van der Waals surface area (Å²) >= 11 is 0. The first-order valence-electron chi connectivity index (χ1n) is 5.28. The van der Waals surface area contributed by atoms with E-state index in [1.54, 1.807) is 0 Å². The highest BCUT2D eigenvalue weighted by molar-refractivity contribution is 5.72. The van der Waals surface area contributed by atoms with Crippen LogP contribution in [0.4, 0.5) is 0 Å². The average molecular weight is 218 g/mol. The number of esters is 1. The molecule has 0 N–H and O–H groups in total. The molecule has 0 aliphatic rings. The average Bonchev–Trinajstić information content (AvgIpc) is 2.16. The maximum Gasteiger partial charge on any atom is 0.313 e. The number of methoxy groups -OCH3 is 1. The predicted octanol–water partition coefficient (Wildman–Crippen LogP) is 1.63. The van der Waals surface area contributed by atoms with E-state index in [1.165, 1.54) is 7.11 Å². The second-order valence-corrected chi connectivity index (χ2v) is 3.98. The Morgan fingerprint density at radius 3 is 1.67 bits per heavy atom. The van der Waals surface area contributed by atoms with Gasteiger partial charge in [0.15, 0.2) is 0 Å². The van der Waals surface area contributed by atoms with E-state index in [0.29, 0.717) is 13.2 Å². The number of hydrogen-bond donors (Lipinski definition) is 0. The summed E-state index contributed by atoms with van der Waals surface area (Å²) in [5.41, 5.74) is 0. The van der Waals surface area contributed by atoms with Gasteiger partial charge in [0, 0.05) is 0 Å². The van der Waals surface area contributed by atoms with Crippen LogP contribution in [0.2, 0.25) is 0 Å². The van der Waals surface area contributed by atoms with Gasteiger partial charge in [0.2, 0.25) is 0 Å². The molecule has 4 nitrogen and oxygen atoms in total. The summed E-state index contributed by atoms with van der Waals surface area (Å²) < 4.78 is 15.4. The van der Waals surface area contributed by atoms with Crippen molar-refractivity contribution >= 4 is 5.97 Å². The Kier molecular flexibility index (Phi) is 7.34. The minimum atomic E-state index is -0.334. The van der Waals surface area contributed by atoms with E-state index in [-0.39, 0.29) is 24.1 Å². The Morgan fingerprint density at radius 2 is 1.40 bits per heavy atom. The lowest BCUT2D eigenvalue weighted by molar-refractivity contribution is -0.151. The van der Waals surface area contributed by atoms with Crippen LogP contribution in [0.3, 0.4) is 0 Å². The van der Waals surface area contributed by atoms with E-state index in [2.05, 4.69) is 4.74 Å². The van der Waals surface area contributed by atoms with Crippen LogP contribution in [0, 0.1) is 5.92 Å². The summed E-state index contributed by atoms with van der Waals surface area (Å²) in [6, 6.07) is 0. The van der Waals surface area contributed by atoms with Gasteiger partial charge in [0.25, 0.3) is 0 Å². The van der Waals surface area contributed by atoms with Gasteiger partial charge in [0.05, 0.1) is 32.5 Å². The fourth-order valence-electron chi connectivity index (χ4n) is 0.968. The molecule has 0 aromatic carbocycles. The van der Waals surface area contributed by atoms with Crippen LogP contribution in [-0.2, 0) is 19.0 Å². The lowest BCUT2D eigenvalue weighted by Crippen LogP contribution is -2.28. The number of carbonyl (C=O) groups excluding carboxylic acids is 1. The standard InChI is InChI=1S/C11H22O4/c1-8(2)14-6-10(11(12)13-5)7-15-9(3)4/h8-10H,6-7H2,1-5H3. The van der Waals surface area contributed by atoms with Crippen molar-refractivity contribution < 1.29 is 19.0 Å². The fraction of sp³-hybridized carbons (Fsp3) is 0.909. The van der Waals surface area contributed by atoms with Gasteiger partial charge in [0.1, 0.15) is 5.92 Å². The largest absolute Gasteiger partial charge is 0.469 e. The van der Waals surface area contributed by atoms with Gasteiger partial charge in [-0.05, 0) is 27.7 Å². The van der Waals surface area contributed by atoms with Crippen molar-refractivity contribution in [2.24, 2.45) is 5.92 Å². The Labute approximate surface area is 91.9 Å². The monoisotopic (exact) mass is 218 g/mol. The Hall–Kier alpha value is -0.610. The minimum absolute atomic E-state index is 0.108. The van der Waals surface area contributed by atoms with Crippen LogP contribution in [0.15, 0.2) is 0 Å². The molecule has 0 aromatic heterocycles. The van der Waals surface area contributed by atoms with Crippen LogP contribution in [0.1, 0.15) is 27.7 Å². The second-order valence-electron chi connectivity index (χ2n) is 3.98. The number of ether oxygens (including phenoxy) is 3. The number of rotatable bonds is 7. The molecular formula is C11H22O4. The van der Waals surface area contributed by atoms with E-state index in [9.17, 15) is 4.79 Å². The van der Waals surface area contributed by atoms with Crippen LogP contribution in [0.25, 0.3) is 0 Å². The highest BCUT2D eigenvalue weighted by Gasteiger charge is 2.20. The molecule has 0 aromatic rings. The molecule has 0 atom stereocenters. The van der Waals surface area contributed by atoms with Crippen LogP contribution in [-0.4, -0.2) is 38.5 Å². The quantitative estimate of drug-likeness (QED) is 0.609. The molecule has 0 spiro atoms. The molecule has 0 aliphatic carbocycles. The van der Waals surface area contributed by atoms with E-state index < -0.39 is 0 Å². The number of carbonyl (C=O) groups is 1. The van der Waals surface area contributed by atoms with Gasteiger partial charge in [-0.1, -0.05) is 0 Å². The molecule has 0 rings (SSSR count). The molecule has 90 valence electrons. The number of hydrogen-bond acceptors (Lipinski definition) is 4. The normalized spacial score (nSPS) is 11.5. The molecule has 4 heteroatoms. The van der Waals surface area contributed by atoms with Gasteiger partial charge >= 0.3 is 5.97 Å². The van der Waals surface area contributed by atoms with Crippen molar-refractivity contribution in [1.82, 2.24) is 0 Å². The third-order valence-electron chi connectivity index (χ3n) is 1.80. The SMILES string of the molecule is COC(=O)C(COC(C)C)COC(C)C. The van der Waals surface area contributed by atoms with Crippen molar-refractivity contribution in [3.63, 3.8) is 0 Å². The van der Waals surface area contributed by atoms with E-state index in [0.717, 1.165) is 0 Å². The first-order chi connectivity index (χ1) is 6.97. The molecule has 0 aliphatic heterocycles. The van der Waals surface area contributed by atoms with E-state index in [1.807, 2.05) is 27.7 Å². The summed E-state index contributed by atoms with van der Waals surface area (Å²) in [4.78, 5) is 11.4. The molecule has 0 radical (unpaired) electrons. The van der Waals surface area contributed by atoms with Gasteiger partial charge in [-0.25, -0.2) is 0 Å². The van der Waals surface area contributed by atoms with E-state index in [4.69, 9.17) is 9.47 Å². The maximum atomic E-state index is 11.4. The molecule has 0 amide bonds. The first kappa shape index (κ1) is 14.4. The third-order valence-corrected chi connectivity index (χ3v) is 1.80. The lowest BCUT2D eigenvalue weighted by atomic mass is 10.2. The second kappa shape index (κ2) is 7.65. The van der Waals surface area contributed by atoms with Gasteiger partial charge in [-0.2, -0.15) is 0 Å². The van der Waals surface area contributed by atoms with Gasteiger partial charge in [-0.15, -0.1) is 0 Å². The third kappa shape index (κ3) is 7.33. The predicted molar refractivity (Wildman–Crippen MR) is 57.7 cm³/mol. The van der Waals surface area contributed by atoms with Crippen molar-refractivity contribution in [3.05, 3.63) is 0 Å². The molecule has 0 saturated carbocycles. The Morgan fingerprint density at radius 1 is 1.00 bits per heavy atom. The summed E-state index contributed by atoms with van der Waals surface area (Å²) in [7, 11) is 1.38. The van der Waals surface area contributed by atoms with Crippen LogP contribution < -0.4 is 0 Å². The molecule has 0 heterocycles. The minimum Gasteiger partial charge on any atom is -0.469 e. The summed E-state index contributed by atoms with van der Waals surface area (Å²) in [6.07, 6.45) is 0.215. The Bertz CT molecular complexity index is 165. The van der Waals surface area contributed by atoms with Crippen molar-refractivity contribution in [2.75, 3.05) is 20.3 Å². The van der Waals surface area contributed by atoms with Gasteiger partial charge < -0.3 is 14.2 Å². The molecule has 0 saturated heterocycles. The lowest BCUT2D eigenvalue weighted by Gasteiger charge is -2.17. The highest BCUT2D eigenvalue weighted by Crippen LogP contribution is 2.05. The first-order valence-corrected chi connectivity index (χ1v) is 5.28. The summed E-state index contributed by atoms with van der Waals surface area (Å²) in [5, 5.41) is 0. The van der Waals surface area contributed by atoms with Crippen molar-refractivity contribution in [1.29, 1.82) is 0 Å². The summed E-state index contributed by atoms with van der Waals surface area (Å²) in [5.74, 6) is -0.615. The zero-order valence-electron chi connectivity index (χ0n) is 10.3. The van der Waals surface area contributed by atoms with Gasteiger partial charge in [-0.3, -0.25) is 4.79 Å². The Balaban J connectivity index is 4.01. The molecule has 0 fully saturated rings. The zero-order chi connectivity index (χ0) is 11.8. The highest BCUT2D eigenvalue weighted by atomic mass is 16.5. The van der Waals surface area contributed by atoms with Crippen molar-refractivity contribution in [2.45, 2.75) is 39.9 Å². The molecular weight excluding hydrogens is 196 g/mol. The molecule has 0 bridgehead atoms. The summed E-state index contributed by atoms with van der Waals surface area (Å²) in [6.45, 7) is 8.40. The fourth-order valence-corrected chi connectivity index (χ4v) is 0.968.